The van der Waals surface area contributed by atoms with Gasteiger partial charge >= 0.3 is 0 Å². The van der Waals surface area contributed by atoms with E-state index in [4.69, 9.17) is 9.84 Å². The van der Waals surface area contributed by atoms with Crippen LogP contribution in [0, 0.1) is 0 Å². The van der Waals surface area contributed by atoms with Gasteiger partial charge in [-0.2, -0.15) is 0 Å². The molecular formula is C9H15NO2. The Morgan fingerprint density at radius 2 is 2.00 bits per heavy atom. The highest BCUT2D eigenvalue weighted by Crippen LogP contribution is 1.99. The van der Waals surface area contributed by atoms with Gasteiger partial charge < -0.3 is 9.84 Å². The van der Waals surface area contributed by atoms with Gasteiger partial charge in [0.15, 0.2) is 0 Å². The SMILES string of the molecule is CC(C)O.COc1ccccn1. The van der Waals surface area contributed by atoms with Crippen LogP contribution < -0.4 is 4.74 Å². The van der Waals surface area contributed by atoms with E-state index in [9.17, 15) is 0 Å². The number of rotatable bonds is 1. The molecule has 1 N–H and O–H groups in total. The van der Waals surface area contributed by atoms with E-state index in [0.717, 1.165) is 0 Å². The highest BCUT2D eigenvalue weighted by atomic mass is 16.5. The monoisotopic (exact) mass is 169 g/mol. The van der Waals surface area contributed by atoms with E-state index in [1.807, 2.05) is 12.1 Å². The Labute approximate surface area is 73.0 Å². The lowest BCUT2D eigenvalue weighted by molar-refractivity contribution is 0.216. The molecule has 0 aliphatic rings. The number of ether oxygens (including phenoxy) is 1. The lowest BCUT2D eigenvalue weighted by Gasteiger charge is -1.92. The Morgan fingerprint density at radius 3 is 2.25 bits per heavy atom. The molecule has 3 heteroatoms. The number of methoxy groups -OCH3 is 1. The van der Waals surface area contributed by atoms with Crippen LogP contribution >= 0.6 is 0 Å². The summed E-state index contributed by atoms with van der Waals surface area (Å²) in [6.45, 7) is 3.44. The smallest absolute Gasteiger partial charge is 0.212 e. The zero-order valence-corrected chi connectivity index (χ0v) is 7.69. The molecule has 12 heavy (non-hydrogen) atoms. The third-order valence-electron chi connectivity index (χ3n) is 0.847. The molecule has 1 aromatic rings. The molecule has 0 bridgehead atoms. The Kier molecular flexibility index (Phi) is 6.01. The second-order valence-electron chi connectivity index (χ2n) is 2.47. The number of aliphatic hydroxyl groups is 1. The number of nitrogens with zero attached hydrogens (tertiary/aromatic N) is 1. The molecule has 1 rings (SSSR count). The van der Waals surface area contributed by atoms with Crippen LogP contribution in [-0.4, -0.2) is 23.3 Å². The van der Waals surface area contributed by atoms with Crippen LogP contribution in [0.15, 0.2) is 24.4 Å². The quantitative estimate of drug-likeness (QED) is 0.692. The second-order valence-corrected chi connectivity index (χ2v) is 2.47. The predicted octanol–water partition coefficient (Wildman–Crippen LogP) is 1.48. The van der Waals surface area contributed by atoms with Crippen LogP contribution in [0.25, 0.3) is 0 Å². The number of aromatic nitrogens is 1. The summed E-state index contributed by atoms with van der Waals surface area (Å²) >= 11 is 0. The van der Waals surface area contributed by atoms with Gasteiger partial charge in [-0.15, -0.1) is 0 Å². The molecule has 0 aromatic carbocycles. The van der Waals surface area contributed by atoms with Gasteiger partial charge in [0.1, 0.15) is 0 Å². The summed E-state index contributed by atoms with van der Waals surface area (Å²) in [5.74, 6) is 0.660. The van der Waals surface area contributed by atoms with E-state index in [0.29, 0.717) is 5.88 Å². The number of hydrogen-bond acceptors (Lipinski definition) is 3. The standard InChI is InChI=1S/C6H7NO.C3H8O/c1-8-6-4-2-3-5-7-6;1-3(2)4/h2-5H,1H3;3-4H,1-2H3. The summed E-state index contributed by atoms with van der Waals surface area (Å²) < 4.78 is 4.80. The molecule has 0 saturated heterocycles. The van der Waals surface area contributed by atoms with Crippen LogP contribution in [0.3, 0.4) is 0 Å². The van der Waals surface area contributed by atoms with E-state index >= 15 is 0 Å². The van der Waals surface area contributed by atoms with E-state index in [1.165, 1.54) is 0 Å². The molecular weight excluding hydrogens is 154 g/mol. The summed E-state index contributed by atoms with van der Waals surface area (Å²) in [5.41, 5.74) is 0. The van der Waals surface area contributed by atoms with Gasteiger partial charge in [0.25, 0.3) is 0 Å². The van der Waals surface area contributed by atoms with Gasteiger partial charge in [0.05, 0.1) is 7.11 Å². The largest absolute Gasteiger partial charge is 0.481 e. The Balaban J connectivity index is 0.000000261. The van der Waals surface area contributed by atoms with Gasteiger partial charge in [0, 0.05) is 18.4 Å². The van der Waals surface area contributed by atoms with E-state index < -0.39 is 0 Å². The van der Waals surface area contributed by atoms with Crippen LogP contribution in [0.5, 0.6) is 5.88 Å². The fourth-order valence-electron chi connectivity index (χ4n) is 0.468. The minimum absolute atomic E-state index is 0.167. The van der Waals surface area contributed by atoms with E-state index in [1.54, 1.807) is 33.2 Å². The molecule has 0 radical (unpaired) electrons. The topological polar surface area (TPSA) is 42.4 Å². The van der Waals surface area contributed by atoms with Gasteiger partial charge in [-0.25, -0.2) is 4.98 Å². The third kappa shape index (κ3) is 7.02. The van der Waals surface area contributed by atoms with Crippen molar-refractivity contribution in [2.45, 2.75) is 20.0 Å². The maximum absolute atomic E-state index is 8.06. The Morgan fingerprint density at radius 1 is 1.42 bits per heavy atom. The van der Waals surface area contributed by atoms with Crippen LogP contribution in [-0.2, 0) is 0 Å². The molecule has 3 nitrogen and oxygen atoms in total. The van der Waals surface area contributed by atoms with E-state index in [-0.39, 0.29) is 6.10 Å². The minimum Gasteiger partial charge on any atom is -0.481 e. The first-order valence-electron chi connectivity index (χ1n) is 3.80. The maximum Gasteiger partial charge on any atom is 0.212 e. The Hall–Kier alpha value is -1.09. The molecule has 0 aliphatic carbocycles. The molecule has 0 unspecified atom stereocenters. The molecule has 68 valence electrons. The molecule has 0 spiro atoms. The van der Waals surface area contributed by atoms with Crippen LogP contribution in [0.4, 0.5) is 0 Å². The molecule has 0 aliphatic heterocycles. The lowest BCUT2D eigenvalue weighted by Crippen LogP contribution is -1.85. The number of pyridine rings is 1. The molecule has 1 heterocycles. The van der Waals surface area contributed by atoms with Crippen LogP contribution in [0.2, 0.25) is 0 Å². The minimum atomic E-state index is -0.167. The first kappa shape index (κ1) is 10.9. The highest BCUT2D eigenvalue weighted by molar-refractivity contribution is 5.08. The van der Waals surface area contributed by atoms with Crippen molar-refractivity contribution in [3.63, 3.8) is 0 Å². The van der Waals surface area contributed by atoms with Crippen molar-refractivity contribution in [1.29, 1.82) is 0 Å². The zero-order valence-electron chi connectivity index (χ0n) is 7.69. The van der Waals surface area contributed by atoms with Gasteiger partial charge in [-0.05, 0) is 19.9 Å². The molecule has 0 saturated carbocycles. The summed E-state index contributed by atoms with van der Waals surface area (Å²) in [5, 5.41) is 8.06. The van der Waals surface area contributed by atoms with Crippen molar-refractivity contribution < 1.29 is 9.84 Å². The van der Waals surface area contributed by atoms with Gasteiger partial charge in [-0.1, -0.05) is 6.07 Å². The Bertz CT molecular complexity index is 184. The van der Waals surface area contributed by atoms with Gasteiger partial charge in [0.2, 0.25) is 5.88 Å². The average molecular weight is 169 g/mol. The highest BCUT2D eigenvalue weighted by Gasteiger charge is 1.82. The van der Waals surface area contributed by atoms with Crippen molar-refractivity contribution in [3.05, 3.63) is 24.4 Å². The predicted molar refractivity (Wildman–Crippen MR) is 48.1 cm³/mol. The summed E-state index contributed by atoms with van der Waals surface area (Å²) in [6, 6.07) is 5.54. The third-order valence-corrected chi connectivity index (χ3v) is 0.847. The molecule has 1 aromatic heterocycles. The van der Waals surface area contributed by atoms with Gasteiger partial charge in [-0.3, -0.25) is 0 Å². The number of aliphatic hydroxyl groups excluding tert-OH is 1. The van der Waals surface area contributed by atoms with E-state index in [2.05, 4.69) is 4.98 Å². The van der Waals surface area contributed by atoms with Crippen molar-refractivity contribution in [2.24, 2.45) is 0 Å². The fourth-order valence-corrected chi connectivity index (χ4v) is 0.468. The summed E-state index contributed by atoms with van der Waals surface area (Å²) in [6.07, 6.45) is 1.53. The van der Waals surface area contributed by atoms with Crippen molar-refractivity contribution in [2.75, 3.05) is 7.11 Å². The normalized spacial score (nSPS) is 8.75. The maximum atomic E-state index is 8.06. The first-order chi connectivity index (χ1) is 5.66. The summed E-state index contributed by atoms with van der Waals surface area (Å²) in [7, 11) is 1.60. The van der Waals surface area contributed by atoms with Crippen molar-refractivity contribution in [1.82, 2.24) is 4.98 Å². The average Bonchev–Trinajstić information content (AvgIpc) is 2.05. The summed E-state index contributed by atoms with van der Waals surface area (Å²) in [4.78, 5) is 3.88. The lowest BCUT2D eigenvalue weighted by atomic mass is 10.5. The molecule has 0 atom stereocenters. The van der Waals surface area contributed by atoms with Crippen molar-refractivity contribution in [3.8, 4) is 5.88 Å². The number of hydrogen-bond donors (Lipinski definition) is 1. The molecule has 0 amide bonds. The zero-order chi connectivity index (χ0) is 9.40. The molecule has 0 fully saturated rings. The first-order valence-corrected chi connectivity index (χ1v) is 3.80. The second kappa shape index (κ2) is 6.61. The van der Waals surface area contributed by atoms with Crippen LogP contribution in [0.1, 0.15) is 13.8 Å². The van der Waals surface area contributed by atoms with Crippen molar-refractivity contribution >= 4 is 0 Å². The fraction of sp³-hybridized carbons (Fsp3) is 0.444.